The standard InChI is InChI=1S/C21H24O3/c1-13(9-18-10-14(2)11-21(22)24-18)7-8-19-15(3)12-20(23-6)17(5)16(19)4/h7-12H,1-6H3. The number of aryl methyl sites for hydroxylation is 2. The summed E-state index contributed by atoms with van der Waals surface area (Å²) in [5, 5.41) is 0. The van der Waals surface area contributed by atoms with Crippen LogP contribution in [0, 0.1) is 27.7 Å². The van der Waals surface area contributed by atoms with Gasteiger partial charge in [0, 0.05) is 6.07 Å². The van der Waals surface area contributed by atoms with Crippen LogP contribution in [0.2, 0.25) is 0 Å². The molecule has 0 aliphatic heterocycles. The molecule has 126 valence electrons. The predicted molar refractivity (Wildman–Crippen MR) is 99.6 cm³/mol. The molecule has 0 radical (unpaired) electrons. The summed E-state index contributed by atoms with van der Waals surface area (Å²) >= 11 is 0. The van der Waals surface area contributed by atoms with Crippen LogP contribution in [-0.4, -0.2) is 7.11 Å². The summed E-state index contributed by atoms with van der Waals surface area (Å²) in [7, 11) is 1.69. The minimum atomic E-state index is -0.324. The van der Waals surface area contributed by atoms with Gasteiger partial charge in [-0.3, -0.25) is 0 Å². The number of benzene rings is 1. The molecule has 0 atom stereocenters. The van der Waals surface area contributed by atoms with Crippen molar-refractivity contribution in [3.8, 4) is 5.75 Å². The van der Waals surface area contributed by atoms with E-state index in [4.69, 9.17) is 9.15 Å². The maximum Gasteiger partial charge on any atom is 0.336 e. The quantitative estimate of drug-likeness (QED) is 0.743. The van der Waals surface area contributed by atoms with Crippen molar-refractivity contribution in [1.29, 1.82) is 0 Å². The Hall–Kier alpha value is -2.55. The summed E-state index contributed by atoms with van der Waals surface area (Å²) in [4.78, 5) is 11.4. The summed E-state index contributed by atoms with van der Waals surface area (Å²) in [6.07, 6.45) is 5.99. The molecule has 3 heteroatoms. The monoisotopic (exact) mass is 324 g/mol. The van der Waals surface area contributed by atoms with Crippen LogP contribution in [0.1, 0.15) is 40.5 Å². The first-order valence-corrected chi connectivity index (χ1v) is 7.94. The van der Waals surface area contributed by atoms with E-state index < -0.39 is 0 Å². The van der Waals surface area contributed by atoms with Gasteiger partial charge >= 0.3 is 5.63 Å². The first-order chi connectivity index (χ1) is 11.3. The van der Waals surface area contributed by atoms with E-state index >= 15 is 0 Å². The molecule has 1 heterocycles. The molecule has 3 nitrogen and oxygen atoms in total. The van der Waals surface area contributed by atoms with Gasteiger partial charge in [-0.1, -0.05) is 12.2 Å². The molecule has 0 bridgehead atoms. The van der Waals surface area contributed by atoms with Gasteiger partial charge < -0.3 is 9.15 Å². The molecule has 0 aliphatic carbocycles. The molecule has 2 aromatic rings. The molecule has 0 saturated heterocycles. The van der Waals surface area contributed by atoms with Crippen LogP contribution in [0.15, 0.2) is 39.1 Å². The van der Waals surface area contributed by atoms with Gasteiger partial charge in [0.05, 0.1) is 7.11 Å². The van der Waals surface area contributed by atoms with E-state index in [0.29, 0.717) is 5.76 Å². The van der Waals surface area contributed by atoms with Gasteiger partial charge in [0.25, 0.3) is 0 Å². The van der Waals surface area contributed by atoms with Gasteiger partial charge in [0.15, 0.2) is 0 Å². The number of hydrogen-bond acceptors (Lipinski definition) is 3. The van der Waals surface area contributed by atoms with Gasteiger partial charge in [-0.2, -0.15) is 0 Å². The normalized spacial score (nSPS) is 12.0. The number of hydrogen-bond donors (Lipinski definition) is 0. The minimum absolute atomic E-state index is 0.324. The Labute approximate surface area is 143 Å². The maximum atomic E-state index is 11.4. The van der Waals surface area contributed by atoms with E-state index in [9.17, 15) is 4.79 Å². The van der Waals surface area contributed by atoms with Crippen molar-refractivity contribution in [2.75, 3.05) is 7.11 Å². The summed E-state index contributed by atoms with van der Waals surface area (Å²) in [5.41, 5.74) is 6.29. The Balaban J connectivity index is 2.35. The Morgan fingerprint density at radius 3 is 2.42 bits per heavy atom. The third-order valence-corrected chi connectivity index (χ3v) is 4.15. The number of methoxy groups -OCH3 is 1. The van der Waals surface area contributed by atoms with Crippen molar-refractivity contribution >= 4 is 12.2 Å². The molecule has 1 aromatic heterocycles. The largest absolute Gasteiger partial charge is 0.496 e. The van der Waals surface area contributed by atoms with Crippen LogP contribution in [0.4, 0.5) is 0 Å². The summed E-state index contributed by atoms with van der Waals surface area (Å²) in [5.74, 6) is 1.48. The molecule has 0 unspecified atom stereocenters. The van der Waals surface area contributed by atoms with Crippen LogP contribution in [-0.2, 0) is 0 Å². The summed E-state index contributed by atoms with van der Waals surface area (Å²) in [6.45, 7) is 10.1. The summed E-state index contributed by atoms with van der Waals surface area (Å²) < 4.78 is 10.6. The van der Waals surface area contributed by atoms with Gasteiger partial charge in [-0.15, -0.1) is 0 Å². The maximum absolute atomic E-state index is 11.4. The first kappa shape index (κ1) is 17.8. The van der Waals surface area contributed by atoms with E-state index in [2.05, 4.69) is 32.9 Å². The van der Waals surface area contributed by atoms with Crippen molar-refractivity contribution in [3.05, 3.63) is 73.8 Å². The highest BCUT2D eigenvalue weighted by Crippen LogP contribution is 2.28. The lowest BCUT2D eigenvalue weighted by Gasteiger charge is -2.13. The molecule has 0 fully saturated rings. The van der Waals surface area contributed by atoms with E-state index in [1.807, 2.05) is 32.1 Å². The average Bonchev–Trinajstić information content (AvgIpc) is 2.49. The Morgan fingerprint density at radius 1 is 1.08 bits per heavy atom. The van der Waals surface area contributed by atoms with Crippen molar-refractivity contribution in [1.82, 2.24) is 0 Å². The second-order valence-electron chi connectivity index (χ2n) is 6.14. The number of ether oxygens (including phenoxy) is 1. The zero-order valence-electron chi connectivity index (χ0n) is 15.2. The van der Waals surface area contributed by atoms with E-state index in [1.54, 1.807) is 7.11 Å². The fraction of sp³-hybridized carbons (Fsp3) is 0.286. The van der Waals surface area contributed by atoms with Crippen molar-refractivity contribution in [2.45, 2.75) is 34.6 Å². The van der Waals surface area contributed by atoms with E-state index in [1.165, 1.54) is 22.8 Å². The van der Waals surface area contributed by atoms with Crippen LogP contribution >= 0.6 is 0 Å². The second kappa shape index (κ2) is 7.35. The topological polar surface area (TPSA) is 39.4 Å². The summed E-state index contributed by atoms with van der Waals surface area (Å²) in [6, 6.07) is 5.39. The smallest absolute Gasteiger partial charge is 0.336 e. The Kier molecular flexibility index (Phi) is 5.45. The van der Waals surface area contributed by atoms with Crippen molar-refractivity contribution in [2.24, 2.45) is 0 Å². The third kappa shape index (κ3) is 4.05. The lowest BCUT2D eigenvalue weighted by Crippen LogP contribution is -1.98. The number of rotatable bonds is 4. The third-order valence-electron chi connectivity index (χ3n) is 4.15. The zero-order chi connectivity index (χ0) is 17.9. The number of allylic oxidation sites excluding steroid dienone is 2. The average molecular weight is 324 g/mol. The molecule has 1 aromatic carbocycles. The van der Waals surface area contributed by atoms with E-state index in [-0.39, 0.29) is 5.63 Å². The zero-order valence-corrected chi connectivity index (χ0v) is 15.2. The highest BCUT2D eigenvalue weighted by Gasteiger charge is 2.08. The van der Waals surface area contributed by atoms with Gasteiger partial charge in [-0.25, -0.2) is 4.79 Å². The molecular weight excluding hydrogens is 300 g/mol. The van der Waals surface area contributed by atoms with Crippen LogP contribution < -0.4 is 10.4 Å². The highest BCUT2D eigenvalue weighted by molar-refractivity contribution is 5.66. The van der Waals surface area contributed by atoms with Gasteiger partial charge in [0.2, 0.25) is 0 Å². The first-order valence-electron chi connectivity index (χ1n) is 7.94. The molecule has 0 spiro atoms. The molecule has 0 amide bonds. The molecule has 0 saturated carbocycles. The fourth-order valence-corrected chi connectivity index (χ4v) is 2.72. The van der Waals surface area contributed by atoms with Crippen molar-refractivity contribution < 1.29 is 9.15 Å². The molecular formula is C21H24O3. The highest BCUT2D eigenvalue weighted by atomic mass is 16.5. The molecule has 0 N–H and O–H groups in total. The Bertz CT molecular complexity index is 867. The predicted octanol–water partition coefficient (Wildman–Crippen LogP) is 5.00. The molecule has 2 rings (SSSR count). The van der Waals surface area contributed by atoms with E-state index in [0.717, 1.165) is 22.4 Å². The minimum Gasteiger partial charge on any atom is -0.496 e. The van der Waals surface area contributed by atoms with Crippen LogP contribution in [0.3, 0.4) is 0 Å². The lowest BCUT2D eigenvalue weighted by molar-refractivity contribution is 0.411. The second-order valence-corrected chi connectivity index (χ2v) is 6.14. The van der Waals surface area contributed by atoms with Crippen LogP contribution in [0.25, 0.3) is 12.2 Å². The fourth-order valence-electron chi connectivity index (χ4n) is 2.72. The molecule has 24 heavy (non-hydrogen) atoms. The lowest BCUT2D eigenvalue weighted by atomic mass is 9.96. The SMILES string of the molecule is COc1cc(C)c(C=CC(C)=Cc2cc(C)cc(=O)o2)c(C)c1C. The van der Waals surface area contributed by atoms with Crippen molar-refractivity contribution in [3.63, 3.8) is 0 Å². The molecule has 0 aliphatic rings. The Morgan fingerprint density at radius 2 is 1.79 bits per heavy atom. The van der Waals surface area contributed by atoms with Crippen LogP contribution in [0.5, 0.6) is 5.75 Å². The van der Waals surface area contributed by atoms with Gasteiger partial charge in [-0.05, 0) is 86.2 Å². The van der Waals surface area contributed by atoms with Gasteiger partial charge in [0.1, 0.15) is 11.5 Å².